The van der Waals surface area contributed by atoms with Crippen molar-refractivity contribution in [3.8, 4) is 5.75 Å². The SMILES string of the molecule is COc1ccc(SN(CCCNC(=O)[C@H](CC(N)=O)NC(=O)c2ccc3ccccc3n2)OC2CCCC2)cc1. The Kier molecular flexibility index (Phi) is 10.7. The predicted molar refractivity (Wildman–Crippen MR) is 153 cm³/mol. The minimum absolute atomic E-state index is 0.149. The molecule has 1 atom stereocenters. The molecule has 11 heteroatoms. The fourth-order valence-corrected chi connectivity index (χ4v) is 5.29. The van der Waals surface area contributed by atoms with Gasteiger partial charge in [-0.15, -0.1) is 4.47 Å². The summed E-state index contributed by atoms with van der Waals surface area (Å²) in [6.45, 7) is 0.882. The third kappa shape index (κ3) is 8.67. The van der Waals surface area contributed by atoms with Crippen LogP contribution in [0.15, 0.2) is 65.6 Å². The molecule has 212 valence electrons. The Morgan fingerprint density at radius 1 is 1.07 bits per heavy atom. The number of nitrogens with one attached hydrogen (secondary N) is 2. The van der Waals surface area contributed by atoms with Crippen molar-refractivity contribution in [1.29, 1.82) is 0 Å². The molecule has 1 aliphatic rings. The molecule has 3 amide bonds. The van der Waals surface area contributed by atoms with Crippen LogP contribution in [0.3, 0.4) is 0 Å². The van der Waals surface area contributed by atoms with Gasteiger partial charge in [0.2, 0.25) is 11.8 Å². The first-order valence-corrected chi connectivity index (χ1v) is 14.2. The van der Waals surface area contributed by atoms with Crippen molar-refractivity contribution in [2.75, 3.05) is 20.2 Å². The number of primary amides is 1. The summed E-state index contributed by atoms with van der Waals surface area (Å²) >= 11 is 1.49. The number of amides is 3. The number of hydroxylamine groups is 1. The number of hydrogen-bond acceptors (Lipinski definition) is 8. The molecular weight excluding hydrogens is 530 g/mol. The second-order valence-electron chi connectivity index (χ2n) is 9.57. The highest BCUT2D eigenvalue weighted by Gasteiger charge is 2.24. The van der Waals surface area contributed by atoms with Gasteiger partial charge in [0.05, 0.1) is 25.2 Å². The number of benzene rings is 2. The van der Waals surface area contributed by atoms with Crippen LogP contribution in [0.4, 0.5) is 0 Å². The second kappa shape index (κ2) is 14.6. The first-order valence-electron chi connectivity index (χ1n) is 13.4. The van der Waals surface area contributed by atoms with Crippen LogP contribution in [0.1, 0.15) is 49.0 Å². The van der Waals surface area contributed by atoms with Crippen molar-refractivity contribution in [2.24, 2.45) is 5.73 Å². The molecule has 1 aliphatic carbocycles. The van der Waals surface area contributed by atoms with Gasteiger partial charge in [-0.1, -0.05) is 37.1 Å². The number of ether oxygens (including phenoxy) is 1. The van der Waals surface area contributed by atoms with Crippen LogP contribution in [0.5, 0.6) is 5.75 Å². The van der Waals surface area contributed by atoms with Crippen LogP contribution in [0.25, 0.3) is 10.9 Å². The van der Waals surface area contributed by atoms with Gasteiger partial charge < -0.3 is 21.1 Å². The van der Waals surface area contributed by atoms with Gasteiger partial charge in [-0.2, -0.15) is 0 Å². The molecule has 10 nitrogen and oxygen atoms in total. The number of carbonyl (C=O) groups is 3. The third-order valence-corrected chi connectivity index (χ3v) is 7.47. The average Bonchev–Trinajstić information content (AvgIpc) is 3.47. The van der Waals surface area contributed by atoms with Crippen LogP contribution in [-0.4, -0.2) is 59.5 Å². The molecule has 1 fully saturated rings. The van der Waals surface area contributed by atoms with Crippen molar-refractivity contribution in [3.05, 3.63) is 66.4 Å². The largest absolute Gasteiger partial charge is 0.497 e. The minimum Gasteiger partial charge on any atom is -0.497 e. The zero-order valence-corrected chi connectivity index (χ0v) is 23.3. The van der Waals surface area contributed by atoms with E-state index in [9.17, 15) is 14.4 Å². The maximum Gasteiger partial charge on any atom is 0.270 e. The number of carbonyl (C=O) groups excluding carboxylic acids is 3. The van der Waals surface area contributed by atoms with Gasteiger partial charge >= 0.3 is 0 Å². The molecular formula is C29H35N5O5S. The Labute approximate surface area is 238 Å². The van der Waals surface area contributed by atoms with Gasteiger partial charge in [-0.25, -0.2) is 4.98 Å². The Balaban J connectivity index is 1.31. The van der Waals surface area contributed by atoms with E-state index in [-0.39, 0.29) is 18.2 Å². The van der Waals surface area contributed by atoms with E-state index in [1.165, 1.54) is 11.9 Å². The molecule has 0 radical (unpaired) electrons. The minimum atomic E-state index is -1.11. The topological polar surface area (TPSA) is 136 Å². The van der Waals surface area contributed by atoms with Crippen LogP contribution in [0.2, 0.25) is 0 Å². The molecule has 40 heavy (non-hydrogen) atoms. The summed E-state index contributed by atoms with van der Waals surface area (Å²) < 4.78 is 7.10. The van der Waals surface area contributed by atoms with E-state index in [4.69, 9.17) is 15.3 Å². The number of hydrogen-bond donors (Lipinski definition) is 3. The highest BCUT2D eigenvalue weighted by atomic mass is 32.2. The highest BCUT2D eigenvalue weighted by Crippen LogP contribution is 2.29. The molecule has 1 saturated carbocycles. The molecule has 0 saturated heterocycles. The van der Waals surface area contributed by atoms with Gasteiger partial charge in [0.25, 0.3) is 5.91 Å². The van der Waals surface area contributed by atoms with Gasteiger partial charge in [0.15, 0.2) is 0 Å². The second-order valence-corrected chi connectivity index (χ2v) is 10.6. The van der Waals surface area contributed by atoms with Crippen molar-refractivity contribution < 1.29 is 24.0 Å². The lowest BCUT2D eigenvalue weighted by molar-refractivity contribution is -0.128. The van der Waals surface area contributed by atoms with E-state index < -0.39 is 23.8 Å². The van der Waals surface area contributed by atoms with Crippen molar-refractivity contribution in [2.45, 2.75) is 55.6 Å². The molecule has 4 N–H and O–H groups in total. The normalized spacial score (nSPS) is 14.2. The van der Waals surface area contributed by atoms with E-state index >= 15 is 0 Å². The summed E-state index contributed by atoms with van der Waals surface area (Å²) in [7, 11) is 1.63. The Morgan fingerprint density at radius 2 is 1.82 bits per heavy atom. The summed E-state index contributed by atoms with van der Waals surface area (Å²) in [6.07, 6.45) is 4.81. The van der Waals surface area contributed by atoms with E-state index in [1.807, 2.05) is 46.9 Å². The Hall–Kier alpha value is -3.67. The first kappa shape index (κ1) is 29.3. The Bertz CT molecular complexity index is 1300. The lowest BCUT2D eigenvalue weighted by Gasteiger charge is -2.24. The van der Waals surface area contributed by atoms with Crippen LogP contribution in [-0.2, 0) is 14.4 Å². The molecule has 3 aromatic rings. The van der Waals surface area contributed by atoms with Crippen molar-refractivity contribution in [3.63, 3.8) is 0 Å². The third-order valence-electron chi connectivity index (χ3n) is 6.51. The number of rotatable bonds is 14. The summed E-state index contributed by atoms with van der Waals surface area (Å²) in [6, 6.07) is 17.4. The van der Waals surface area contributed by atoms with Gasteiger partial charge in [0, 0.05) is 23.4 Å². The fourth-order valence-electron chi connectivity index (χ4n) is 4.41. The van der Waals surface area contributed by atoms with E-state index in [2.05, 4.69) is 15.6 Å². The molecule has 0 spiro atoms. The zero-order valence-electron chi connectivity index (χ0n) is 22.5. The zero-order chi connectivity index (χ0) is 28.3. The molecule has 0 bridgehead atoms. The lowest BCUT2D eigenvalue weighted by Crippen LogP contribution is -2.49. The first-order chi connectivity index (χ1) is 19.4. The average molecular weight is 566 g/mol. The van der Waals surface area contributed by atoms with Crippen LogP contribution in [0, 0.1) is 0 Å². The Morgan fingerprint density at radius 3 is 2.55 bits per heavy atom. The standard InChI is InChI=1S/C29H35N5O5S/c1-38-21-12-14-23(15-13-21)40-34(39-22-8-3-4-9-22)18-6-17-31-28(36)26(19-27(30)35)33-29(37)25-16-11-20-7-2-5-10-24(20)32-25/h2,5,7,10-16,22,26H,3-4,6,8-9,17-19H2,1H3,(H2,30,35)(H,31,36)(H,33,37)/t26-/m0/s1. The summed E-state index contributed by atoms with van der Waals surface area (Å²) in [4.78, 5) is 49.0. The fraction of sp³-hybridized carbons (Fsp3) is 0.379. The van der Waals surface area contributed by atoms with Crippen molar-refractivity contribution >= 4 is 40.6 Å². The molecule has 1 aromatic heterocycles. The summed E-state index contributed by atoms with van der Waals surface area (Å²) in [5.74, 6) is -0.957. The summed E-state index contributed by atoms with van der Waals surface area (Å²) in [5, 5.41) is 6.31. The van der Waals surface area contributed by atoms with Gasteiger partial charge in [-0.05, 0) is 67.6 Å². The monoisotopic (exact) mass is 565 g/mol. The number of nitrogens with zero attached hydrogens (tertiary/aromatic N) is 2. The number of fused-ring (bicyclic) bond motifs is 1. The maximum absolute atomic E-state index is 12.9. The number of methoxy groups -OCH3 is 1. The van der Waals surface area contributed by atoms with E-state index in [0.717, 1.165) is 41.7 Å². The van der Waals surface area contributed by atoms with E-state index in [1.54, 1.807) is 25.3 Å². The predicted octanol–water partition coefficient (Wildman–Crippen LogP) is 3.61. The molecule has 0 aliphatic heterocycles. The van der Waals surface area contributed by atoms with Gasteiger partial charge in [-0.3, -0.25) is 19.2 Å². The summed E-state index contributed by atoms with van der Waals surface area (Å²) in [5.41, 5.74) is 6.17. The highest BCUT2D eigenvalue weighted by molar-refractivity contribution is 7.96. The number of para-hydroxylation sites is 1. The number of nitrogens with two attached hydrogens (primary N) is 1. The van der Waals surface area contributed by atoms with Crippen molar-refractivity contribution in [1.82, 2.24) is 20.1 Å². The molecule has 4 rings (SSSR count). The number of pyridine rings is 1. The molecule has 2 aromatic carbocycles. The van der Waals surface area contributed by atoms with E-state index in [0.29, 0.717) is 25.0 Å². The smallest absolute Gasteiger partial charge is 0.270 e. The number of aromatic nitrogens is 1. The quantitative estimate of drug-likeness (QED) is 0.153. The van der Waals surface area contributed by atoms with Gasteiger partial charge in [0.1, 0.15) is 17.5 Å². The van der Waals surface area contributed by atoms with Crippen LogP contribution >= 0.6 is 11.9 Å². The maximum atomic E-state index is 12.9. The van der Waals surface area contributed by atoms with Crippen LogP contribution < -0.4 is 21.1 Å². The molecule has 0 unspecified atom stereocenters. The lowest BCUT2D eigenvalue weighted by atomic mass is 10.1. The molecule has 1 heterocycles.